The number of alkyl halides is 3. The van der Waals surface area contributed by atoms with E-state index in [2.05, 4.69) is 21.2 Å². The van der Waals surface area contributed by atoms with E-state index in [0.29, 0.717) is 16.6 Å². The zero-order chi connectivity index (χ0) is 14.5. The van der Waals surface area contributed by atoms with E-state index in [-0.39, 0.29) is 0 Å². The smallest absolute Gasteiger partial charge is 0.316 e. The van der Waals surface area contributed by atoms with Crippen LogP contribution in [0.15, 0.2) is 22.7 Å². The average Bonchev–Trinajstić information content (AvgIpc) is 2.31. The van der Waals surface area contributed by atoms with Crippen LogP contribution in [0.25, 0.3) is 0 Å². The summed E-state index contributed by atoms with van der Waals surface area (Å²) in [7, 11) is 1.89. The SMILES string of the molecule is CCNCCN(C)Cc1cc(C(F)(F)F)ccc1Br. The number of hydrogen-bond donors (Lipinski definition) is 1. The summed E-state index contributed by atoms with van der Waals surface area (Å²) in [5.41, 5.74) is 0.0413. The number of likely N-dealkylation sites (N-methyl/N-ethyl adjacent to an activating group) is 2. The molecule has 0 atom stereocenters. The van der Waals surface area contributed by atoms with Crippen molar-refractivity contribution < 1.29 is 13.2 Å². The topological polar surface area (TPSA) is 15.3 Å². The van der Waals surface area contributed by atoms with Crippen LogP contribution in [-0.4, -0.2) is 31.6 Å². The van der Waals surface area contributed by atoms with Crippen molar-refractivity contribution in [2.75, 3.05) is 26.7 Å². The highest BCUT2D eigenvalue weighted by molar-refractivity contribution is 9.10. The van der Waals surface area contributed by atoms with Gasteiger partial charge in [-0.25, -0.2) is 0 Å². The standard InChI is InChI=1S/C13H18BrF3N2/c1-3-18-6-7-19(2)9-10-8-11(13(15,16)17)4-5-12(10)14/h4-5,8,18H,3,6-7,9H2,1-2H3. The molecule has 6 heteroatoms. The summed E-state index contributed by atoms with van der Waals surface area (Å²) in [6.45, 7) is 5.00. The van der Waals surface area contributed by atoms with Crippen LogP contribution in [0.3, 0.4) is 0 Å². The predicted molar refractivity (Wildman–Crippen MR) is 74.0 cm³/mol. The molecule has 1 aromatic rings. The molecule has 0 heterocycles. The number of benzene rings is 1. The molecule has 108 valence electrons. The van der Waals surface area contributed by atoms with Crippen LogP contribution in [0, 0.1) is 0 Å². The zero-order valence-corrected chi connectivity index (χ0v) is 12.6. The minimum absolute atomic E-state index is 0.482. The maximum absolute atomic E-state index is 12.6. The van der Waals surface area contributed by atoms with Crippen molar-refractivity contribution in [2.24, 2.45) is 0 Å². The van der Waals surface area contributed by atoms with Crippen LogP contribution in [-0.2, 0) is 12.7 Å². The highest BCUT2D eigenvalue weighted by Gasteiger charge is 2.30. The van der Waals surface area contributed by atoms with Crippen LogP contribution in [0.2, 0.25) is 0 Å². The summed E-state index contributed by atoms with van der Waals surface area (Å²) in [6.07, 6.45) is -4.29. The predicted octanol–water partition coefficient (Wildman–Crippen LogP) is 3.51. The molecule has 1 rings (SSSR count). The van der Waals surface area contributed by atoms with Gasteiger partial charge in [0.25, 0.3) is 0 Å². The number of rotatable bonds is 6. The fourth-order valence-electron chi connectivity index (χ4n) is 1.69. The normalized spacial score (nSPS) is 12.2. The van der Waals surface area contributed by atoms with Gasteiger partial charge in [0.1, 0.15) is 0 Å². The average molecular weight is 339 g/mol. The van der Waals surface area contributed by atoms with Crippen molar-refractivity contribution in [1.29, 1.82) is 0 Å². The van der Waals surface area contributed by atoms with Gasteiger partial charge in [0.15, 0.2) is 0 Å². The van der Waals surface area contributed by atoms with Crippen LogP contribution in [0.1, 0.15) is 18.1 Å². The fraction of sp³-hybridized carbons (Fsp3) is 0.538. The molecule has 0 bridgehead atoms. The summed E-state index contributed by atoms with van der Waals surface area (Å²) in [4.78, 5) is 1.99. The van der Waals surface area contributed by atoms with Crippen molar-refractivity contribution >= 4 is 15.9 Å². The monoisotopic (exact) mass is 338 g/mol. The molecule has 2 nitrogen and oxygen atoms in total. The first-order chi connectivity index (χ1) is 8.84. The van der Waals surface area contributed by atoms with Gasteiger partial charge in [-0.1, -0.05) is 22.9 Å². The Morgan fingerprint density at radius 3 is 2.58 bits per heavy atom. The quantitative estimate of drug-likeness (QED) is 0.798. The second-order valence-electron chi connectivity index (χ2n) is 4.40. The molecule has 0 saturated heterocycles. The third kappa shape index (κ3) is 5.50. The Balaban J connectivity index is 2.71. The molecule has 0 unspecified atom stereocenters. The summed E-state index contributed by atoms with van der Waals surface area (Å²) in [5, 5.41) is 3.18. The lowest BCUT2D eigenvalue weighted by atomic mass is 10.1. The molecule has 1 aromatic carbocycles. The van der Waals surface area contributed by atoms with Crippen molar-refractivity contribution in [3.8, 4) is 0 Å². The maximum Gasteiger partial charge on any atom is 0.416 e. The maximum atomic E-state index is 12.6. The largest absolute Gasteiger partial charge is 0.416 e. The Labute approximate surface area is 120 Å². The molecule has 0 aliphatic heterocycles. The number of hydrogen-bond acceptors (Lipinski definition) is 2. The van der Waals surface area contributed by atoms with Crippen LogP contribution >= 0.6 is 15.9 Å². The summed E-state index contributed by atoms with van der Waals surface area (Å²) >= 11 is 3.30. The summed E-state index contributed by atoms with van der Waals surface area (Å²) < 4.78 is 38.6. The Hall–Kier alpha value is -0.590. The van der Waals surface area contributed by atoms with E-state index < -0.39 is 11.7 Å². The van der Waals surface area contributed by atoms with Gasteiger partial charge in [-0.2, -0.15) is 13.2 Å². The molecular formula is C13H18BrF3N2. The molecule has 0 fully saturated rings. The lowest BCUT2D eigenvalue weighted by Gasteiger charge is -2.18. The first-order valence-corrected chi connectivity index (χ1v) is 6.88. The minimum Gasteiger partial charge on any atom is -0.316 e. The van der Waals surface area contributed by atoms with Gasteiger partial charge in [-0.15, -0.1) is 0 Å². The highest BCUT2D eigenvalue weighted by Crippen LogP contribution is 2.32. The van der Waals surface area contributed by atoms with Crippen LogP contribution in [0.4, 0.5) is 13.2 Å². The first-order valence-electron chi connectivity index (χ1n) is 6.09. The van der Waals surface area contributed by atoms with Crippen molar-refractivity contribution in [1.82, 2.24) is 10.2 Å². The Bertz CT molecular complexity index is 407. The van der Waals surface area contributed by atoms with Crippen molar-refractivity contribution in [2.45, 2.75) is 19.6 Å². The van der Waals surface area contributed by atoms with Gasteiger partial charge in [0.2, 0.25) is 0 Å². The Morgan fingerprint density at radius 2 is 2.00 bits per heavy atom. The van der Waals surface area contributed by atoms with E-state index in [0.717, 1.165) is 25.7 Å². The van der Waals surface area contributed by atoms with Crippen LogP contribution < -0.4 is 5.32 Å². The zero-order valence-electron chi connectivity index (χ0n) is 11.0. The van der Waals surface area contributed by atoms with E-state index in [1.807, 2.05) is 18.9 Å². The molecule has 0 aliphatic rings. The van der Waals surface area contributed by atoms with E-state index in [9.17, 15) is 13.2 Å². The second kappa shape index (κ2) is 7.26. The van der Waals surface area contributed by atoms with E-state index in [1.165, 1.54) is 12.1 Å². The number of nitrogens with one attached hydrogen (secondary N) is 1. The van der Waals surface area contributed by atoms with Gasteiger partial charge in [0, 0.05) is 24.1 Å². The first kappa shape index (κ1) is 16.5. The highest BCUT2D eigenvalue weighted by atomic mass is 79.9. The molecule has 1 N–H and O–H groups in total. The van der Waals surface area contributed by atoms with Gasteiger partial charge in [0.05, 0.1) is 5.56 Å². The van der Waals surface area contributed by atoms with Gasteiger partial charge < -0.3 is 10.2 Å². The second-order valence-corrected chi connectivity index (χ2v) is 5.25. The van der Waals surface area contributed by atoms with E-state index in [1.54, 1.807) is 0 Å². The van der Waals surface area contributed by atoms with Crippen molar-refractivity contribution in [3.05, 3.63) is 33.8 Å². The molecule has 0 spiro atoms. The Morgan fingerprint density at radius 1 is 1.32 bits per heavy atom. The van der Waals surface area contributed by atoms with Gasteiger partial charge >= 0.3 is 6.18 Å². The number of halogens is 4. The molecule has 19 heavy (non-hydrogen) atoms. The molecular weight excluding hydrogens is 321 g/mol. The molecule has 0 saturated carbocycles. The van der Waals surface area contributed by atoms with E-state index in [4.69, 9.17) is 0 Å². The van der Waals surface area contributed by atoms with Gasteiger partial charge in [-0.05, 0) is 37.4 Å². The molecule has 0 amide bonds. The summed E-state index contributed by atoms with van der Waals surface area (Å²) in [6, 6.07) is 3.75. The lowest BCUT2D eigenvalue weighted by Crippen LogP contribution is -2.29. The molecule has 0 aromatic heterocycles. The third-order valence-corrected chi connectivity index (χ3v) is 3.51. The van der Waals surface area contributed by atoms with Crippen LogP contribution in [0.5, 0.6) is 0 Å². The third-order valence-electron chi connectivity index (χ3n) is 2.73. The lowest BCUT2D eigenvalue weighted by molar-refractivity contribution is -0.137. The summed E-state index contributed by atoms with van der Waals surface area (Å²) in [5.74, 6) is 0. The molecule has 0 radical (unpaired) electrons. The minimum atomic E-state index is -4.29. The molecule has 0 aliphatic carbocycles. The van der Waals surface area contributed by atoms with Gasteiger partial charge in [-0.3, -0.25) is 0 Å². The number of nitrogens with zero attached hydrogens (tertiary/aromatic N) is 1. The van der Waals surface area contributed by atoms with E-state index >= 15 is 0 Å². The van der Waals surface area contributed by atoms with Crippen molar-refractivity contribution in [3.63, 3.8) is 0 Å². The fourth-order valence-corrected chi connectivity index (χ4v) is 2.06. The Kier molecular flexibility index (Phi) is 6.29.